The molecule has 5 nitrogen and oxygen atoms in total. The van der Waals surface area contributed by atoms with Gasteiger partial charge in [-0.2, -0.15) is 5.10 Å². The molecule has 0 amide bonds. The molecule has 0 saturated carbocycles. The van der Waals surface area contributed by atoms with Gasteiger partial charge in [0.05, 0.1) is 0 Å². The number of hydrogen-bond donors (Lipinski definition) is 0. The SMILES string of the molecule is Cc1ccc(C2=CCC(CCc3nc4cccc(C)n4n3)=N2)o1. The molecule has 0 saturated heterocycles. The van der Waals surface area contributed by atoms with Crippen LogP contribution >= 0.6 is 0 Å². The van der Waals surface area contributed by atoms with Gasteiger partial charge < -0.3 is 4.42 Å². The molecule has 0 aliphatic carbocycles. The molecule has 0 fully saturated rings. The lowest BCUT2D eigenvalue weighted by Crippen LogP contribution is -1.99. The predicted molar refractivity (Wildman–Crippen MR) is 89.5 cm³/mol. The van der Waals surface area contributed by atoms with E-state index in [1.807, 2.05) is 48.7 Å². The van der Waals surface area contributed by atoms with Crippen LogP contribution in [-0.4, -0.2) is 20.3 Å². The van der Waals surface area contributed by atoms with Crippen LogP contribution in [-0.2, 0) is 6.42 Å². The van der Waals surface area contributed by atoms with Crippen LogP contribution in [0.25, 0.3) is 11.3 Å². The van der Waals surface area contributed by atoms with E-state index in [0.29, 0.717) is 0 Å². The Morgan fingerprint density at radius 1 is 1.13 bits per heavy atom. The molecule has 3 aromatic rings. The van der Waals surface area contributed by atoms with Crippen molar-refractivity contribution in [1.29, 1.82) is 0 Å². The molecule has 1 aliphatic heterocycles. The first-order valence-electron chi connectivity index (χ1n) is 7.84. The van der Waals surface area contributed by atoms with Crippen LogP contribution in [0.2, 0.25) is 0 Å². The fourth-order valence-electron chi connectivity index (χ4n) is 2.80. The lowest BCUT2D eigenvalue weighted by atomic mass is 10.1. The molecule has 0 unspecified atom stereocenters. The zero-order valence-electron chi connectivity index (χ0n) is 13.3. The second kappa shape index (κ2) is 5.50. The molecular weight excluding hydrogens is 288 g/mol. The van der Waals surface area contributed by atoms with Crippen LogP contribution < -0.4 is 0 Å². The lowest BCUT2D eigenvalue weighted by Gasteiger charge is -1.97. The van der Waals surface area contributed by atoms with E-state index in [4.69, 9.17) is 4.42 Å². The Morgan fingerprint density at radius 3 is 2.83 bits per heavy atom. The van der Waals surface area contributed by atoms with Gasteiger partial charge in [0.2, 0.25) is 0 Å². The van der Waals surface area contributed by atoms with Crippen LogP contribution in [0, 0.1) is 13.8 Å². The van der Waals surface area contributed by atoms with Crippen LogP contribution in [0.4, 0.5) is 0 Å². The fraction of sp³-hybridized carbons (Fsp3) is 0.278. The average molecular weight is 306 g/mol. The number of rotatable bonds is 4. The number of furan rings is 1. The van der Waals surface area contributed by atoms with E-state index in [0.717, 1.165) is 59.4 Å². The Kier molecular flexibility index (Phi) is 3.33. The number of allylic oxidation sites excluding steroid dienone is 1. The number of aliphatic imine (C=N–C) groups is 1. The molecule has 116 valence electrons. The van der Waals surface area contributed by atoms with Gasteiger partial charge in [-0.3, -0.25) is 4.99 Å². The topological polar surface area (TPSA) is 55.7 Å². The molecule has 0 spiro atoms. The Labute approximate surface area is 134 Å². The van der Waals surface area contributed by atoms with Crippen molar-refractivity contribution in [3.05, 3.63) is 59.4 Å². The van der Waals surface area contributed by atoms with Crippen LogP contribution in [0.1, 0.15) is 35.9 Å². The summed E-state index contributed by atoms with van der Waals surface area (Å²) in [5, 5.41) is 4.57. The van der Waals surface area contributed by atoms with Crippen molar-refractivity contribution in [1.82, 2.24) is 14.6 Å². The highest BCUT2D eigenvalue weighted by molar-refractivity contribution is 5.95. The molecule has 3 aromatic heterocycles. The number of pyridine rings is 1. The van der Waals surface area contributed by atoms with E-state index < -0.39 is 0 Å². The average Bonchev–Trinajstić information content (AvgIpc) is 3.23. The van der Waals surface area contributed by atoms with E-state index >= 15 is 0 Å². The second-order valence-corrected chi connectivity index (χ2v) is 5.85. The zero-order chi connectivity index (χ0) is 15.8. The highest BCUT2D eigenvalue weighted by Gasteiger charge is 2.14. The standard InChI is InChI=1S/C18H18N4O/c1-12-4-3-5-18-20-17(21-22(12)18)11-8-14-7-9-15(19-14)16-10-6-13(2)23-16/h3-6,9-10H,7-8,11H2,1-2H3. The van der Waals surface area contributed by atoms with Crippen molar-refractivity contribution < 1.29 is 4.42 Å². The van der Waals surface area contributed by atoms with Gasteiger partial charge >= 0.3 is 0 Å². The molecular formula is C18H18N4O. The summed E-state index contributed by atoms with van der Waals surface area (Å²) in [6.45, 7) is 3.98. The molecule has 4 rings (SSSR count). The Balaban J connectivity index is 1.46. The summed E-state index contributed by atoms with van der Waals surface area (Å²) in [6.07, 6.45) is 4.67. The minimum absolute atomic E-state index is 0.804. The summed E-state index contributed by atoms with van der Waals surface area (Å²) in [5.74, 6) is 2.62. The number of fused-ring (bicyclic) bond motifs is 1. The summed E-state index contributed by atoms with van der Waals surface area (Å²) in [7, 11) is 0. The Morgan fingerprint density at radius 2 is 2.04 bits per heavy atom. The van der Waals surface area contributed by atoms with E-state index in [2.05, 4.69) is 21.2 Å². The molecule has 4 heterocycles. The van der Waals surface area contributed by atoms with E-state index in [1.54, 1.807) is 0 Å². The van der Waals surface area contributed by atoms with Crippen molar-refractivity contribution in [2.75, 3.05) is 0 Å². The number of hydrogen-bond acceptors (Lipinski definition) is 4. The number of nitrogens with zero attached hydrogens (tertiary/aromatic N) is 4. The lowest BCUT2D eigenvalue weighted by molar-refractivity contribution is 0.521. The third kappa shape index (κ3) is 2.70. The van der Waals surface area contributed by atoms with Gasteiger partial charge in [-0.05, 0) is 50.6 Å². The summed E-state index contributed by atoms with van der Waals surface area (Å²) >= 11 is 0. The molecule has 0 atom stereocenters. The Bertz CT molecular complexity index is 930. The normalized spacial score (nSPS) is 14.3. The minimum atomic E-state index is 0.804. The quantitative estimate of drug-likeness (QED) is 0.737. The maximum Gasteiger partial charge on any atom is 0.155 e. The highest BCUT2D eigenvalue weighted by Crippen LogP contribution is 2.25. The molecule has 5 heteroatoms. The van der Waals surface area contributed by atoms with Crippen LogP contribution in [0.5, 0.6) is 0 Å². The molecule has 0 aromatic carbocycles. The third-order valence-electron chi connectivity index (χ3n) is 4.03. The number of aromatic nitrogens is 3. The Hall–Kier alpha value is -2.69. The molecule has 1 aliphatic rings. The first-order valence-corrected chi connectivity index (χ1v) is 7.84. The minimum Gasteiger partial charge on any atom is -0.460 e. The van der Waals surface area contributed by atoms with Crippen molar-refractivity contribution >= 4 is 17.1 Å². The summed E-state index contributed by atoms with van der Waals surface area (Å²) in [4.78, 5) is 9.26. The molecule has 0 N–H and O–H groups in total. The molecule has 0 bridgehead atoms. The van der Waals surface area contributed by atoms with Crippen LogP contribution in [0.3, 0.4) is 0 Å². The van der Waals surface area contributed by atoms with Crippen molar-refractivity contribution in [3.63, 3.8) is 0 Å². The van der Waals surface area contributed by atoms with E-state index in [9.17, 15) is 0 Å². The van der Waals surface area contributed by atoms with Gasteiger partial charge in [0, 0.05) is 24.2 Å². The van der Waals surface area contributed by atoms with Crippen molar-refractivity contribution in [3.8, 4) is 0 Å². The van der Waals surface area contributed by atoms with Gasteiger partial charge in [-0.15, -0.1) is 0 Å². The molecule has 23 heavy (non-hydrogen) atoms. The first-order chi connectivity index (χ1) is 11.2. The largest absolute Gasteiger partial charge is 0.460 e. The van der Waals surface area contributed by atoms with Crippen molar-refractivity contribution in [2.45, 2.75) is 33.1 Å². The zero-order valence-corrected chi connectivity index (χ0v) is 13.3. The molecule has 0 radical (unpaired) electrons. The van der Waals surface area contributed by atoms with Gasteiger partial charge in [0.15, 0.2) is 17.2 Å². The van der Waals surface area contributed by atoms with Crippen LogP contribution in [0.15, 0.2) is 45.8 Å². The van der Waals surface area contributed by atoms with Gasteiger partial charge in [-0.25, -0.2) is 9.50 Å². The van der Waals surface area contributed by atoms with Crippen molar-refractivity contribution in [2.24, 2.45) is 4.99 Å². The van der Waals surface area contributed by atoms with Gasteiger partial charge in [-0.1, -0.05) is 6.07 Å². The highest BCUT2D eigenvalue weighted by atomic mass is 16.3. The maximum absolute atomic E-state index is 5.63. The van der Waals surface area contributed by atoms with Gasteiger partial charge in [0.25, 0.3) is 0 Å². The van der Waals surface area contributed by atoms with E-state index in [1.165, 1.54) is 0 Å². The second-order valence-electron chi connectivity index (χ2n) is 5.85. The predicted octanol–water partition coefficient (Wildman–Crippen LogP) is 3.76. The fourth-order valence-corrected chi connectivity index (χ4v) is 2.80. The summed E-state index contributed by atoms with van der Waals surface area (Å²) in [5.41, 5.74) is 4.09. The maximum atomic E-state index is 5.63. The number of aryl methyl sites for hydroxylation is 3. The first kappa shape index (κ1) is 13.9. The summed E-state index contributed by atoms with van der Waals surface area (Å²) < 4.78 is 7.52. The van der Waals surface area contributed by atoms with E-state index in [-0.39, 0.29) is 0 Å². The smallest absolute Gasteiger partial charge is 0.155 e. The van der Waals surface area contributed by atoms with Gasteiger partial charge in [0.1, 0.15) is 11.5 Å². The summed E-state index contributed by atoms with van der Waals surface area (Å²) in [6, 6.07) is 9.96. The monoisotopic (exact) mass is 306 g/mol. The third-order valence-corrected chi connectivity index (χ3v) is 4.03.